The summed E-state index contributed by atoms with van der Waals surface area (Å²) in [5.74, 6) is 0.994. The first kappa shape index (κ1) is 13.2. The molecule has 102 valence electrons. The normalized spacial score (nSPS) is 11.2. The molecule has 2 aromatic carbocycles. The predicted octanol–water partition coefficient (Wildman–Crippen LogP) is 3.28. The highest BCUT2D eigenvalue weighted by molar-refractivity contribution is 6.35. The van der Waals surface area contributed by atoms with Crippen LogP contribution in [0.5, 0.6) is 0 Å². The van der Waals surface area contributed by atoms with Gasteiger partial charge in [-0.15, -0.1) is 0 Å². The van der Waals surface area contributed by atoms with Crippen molar-refractivity contribution in [3.8, 4) is 0 Å². The summed E-state index contributed by atoms with van der Waals surface area (Å²) in [5, 5.41) is 0.732. The summed E-state index contributed by atoms with van der Waals surface area (Å²) in [4.78, 5) is 4.68. The molecule has 2 N–H and O–H groups in total. The van der Waals surface area contributed by atoms with Gasteiger partial charge in [-0.1, -0.05) is 41.9 Å². The molecule has 0 aliphatic carbocycles. The highest BCUT2D eigenvalue weighted by Crippen LogP contribution is 2.25. The van der Waals surface area contributed by atoms with E-state index in [4.69, 9.17) is 17.3 Å². The Morgan fingerprint density at radius 1 is 1.10 bits per heavy atom. The van der Waals surface area contributed by atoms with Crippen LogP contribution in [0.2, 0.25) is 5.02 Å². The molecule has 0 bridgehead atoms. The minimum Gasteiger partial charge on any atom is -0.330 e. The minimum atomic E-state index is 0.543. The van der Waals surface area contributed by atoms with Crippen molar-refractivity contribution in [2.45, 2.75) is 13.0 Å². The third kappa shape index (κ3) is 2.19. The first-order chi connectivity index (χ1) is 9.70. The Labute approximate surface area is 123 Å². The smallest absolute Gasteiger partial charge is 0.114 e. The van der Waals surface area contributed by atoms with Gasteiger partial charge in [0.2, 0.25) is 0 Å². The second kappa shape index (κ2) is 5.27. The van der Waals surface area contributed by atoms with Crippen LogP contribution in [0, 0.1) is 0 Å². The molecule has 0 amide bonds. The Morgan fingerprint density at radius 3 is 2.55 bits per heavy atom. The number of benzene rings is 2. The zero-order valence-corrected chi connectivity index (χ0v) is 12.1. The van der Waals surface area contributed by atoms with Crippen LogP contribution in [0.1, 0.15) is 17.0 Å². The molecule has 0 unspecified atom stereocenters. The summed E-state index contributed by atoms with van der Waals surface area (Å²) in [6.45, 7) is 0.543. The van der Waals surface area contributed by atoms with Crippen LogP contribution in [-0.4, -0.2) is 9.55 Å². The Kier molecular flexibility index (Phi) is 3.47. The van der Waals surface area contributed by atoms with Gasteiger partial charge >= 0.3 is 0 Å². The second-order valence-electron chi connectivity index (χ2n) is 4.84. The minimum absolute atomic E-state index is 0.543. The standard InChI is InChI=1S/C16H16ClN3/c1-20-15(9-11-5-2-3-6-12(11)10-18)19-14-8-4-7-13(17)16(14)20/h2-8H,9-10,18H2,1H3. The van der Waals surface area contributed by atoms with Crippen molar-refractivity contribution in [2.75, 3.05) is 0 Å². The fourth-order valence-corrected chi connectivity index (χ4v) is 2.82. The van der Waals surface area contributed by atoms with Crippen molar-refractivity contribution in [1.29, 1.82) is 0 Å². The molecule has 1 heterocycles. The average Bonchev–Trinajstić information content (AvgIpc) is 2.77. The fraction of sp³-hybridized carbons (Fsp3) is 0.188. The summed E-state index contributed by atoms with van der Waals surface area (Å²) in [6.07, 6.45) is 0.759. The van der Waals surface area contributed by atoms with Crippen molar-refractivity contribution in [2.24, 2.45) is 12.8 Å². The summed E-state index contributed by atoms with van der Waals surface area (Å²) in [5.41, 5.74) is 10.1. The maximum Gasteiger partial charge on any atom is 0.114 e. The number of halogens is 1. The van der Waals surface area contributed by atoms with E-state index in [1.54, 1.807) is 0 Å². The number of aromatic nitrogens is 2. The summed E-state index contributed by atoms with van der Waals surface area (Å²) >= 11 is 6.26. The number of aryl methyl sites for hydroxylation is 1. The van der Waals surface area contributed by atoms with Crippen molar-refractivity contribution in [3.63, 3.8) is 0 Å². The molecular formula is C16H16ClN3. The van der Waals surface area contributed by atoms with Gasteiger partial charge in [0.15, 0.2) is 0 Å². The Balaban J connectivity index is 2.07. The number of fused-ring (bicyclic) bond motifs is 1. The highest BCUT2D eigenvalue weighted by atomic mass is 35.5. The molecule has 3 nitrogen and oxygen atoms in total. The average molecular weight is 286 g/mol. The third-order valence-electron chi connectivity index (χ3n) is 3.62. The number of imidazole rings is 1. The number of nitrogens with zero attached hydrogens (tertiary/aromatic N) is 2. The molecule has 0 fully saturated rings. The van der Waals surface area contributed by atoms with Crippen molar-refractivity contribution < 1.29 is 0 Å². The molecule has 3 rings (SSSR count). The second-order valence-corrected chi connectivity index (χ2v) is 5.25. The number of para-hydroxylation sites is 1. The van der Waals surface area contributed by atoms with E-state index in [-0.39, 0.29) is 0 Å². The first-order valence-electron chi connectivity index (χ1n) is 6.57. The van der Waals surface area contributed by atoms with Crippen LogP contribution in [0.4, 0.5) is 0 Å². The number of nitrogens with two attached hydrogens (primary N) is 1. The number of hydrogen-bond acceptors (Lipinski definition) is 2. The molecule has 4 heteroatoms. The van der Waals surface area contributed by atoms with E-state index in [9.17, 15) is 0 Å². The van der Waals surface area contributed by atoms with E-state index < -0.39 is 0 Å². The Morgan fingerprint density at radius 2 is 1.85 bits per heavy atom. The van der Waals surface area contributed by atoms with Crippen LogP contribution in [-0.2, 0) is 20.0 Å². The Hall–Kier alpha value is -1.84. The highest BCUT2D eigenvalue weighted by Gasteiger charge is 2.12. The van der Waals surface area contributed by atoms with E-state index in [1.807, 2.05) is 37.4 Å². The predicted molar refractivity (Wildman–Crippen MR) is 82.9 cm³/mol. The molecule has 0 saturated carbocycles. The molecule has 0 radical (unpaired) electrons. The van der Waals surface area contributed by atoms with Crippen LogP contribution >= 0.6 is 11.6 Å². The van der Waals surface area contributed by atoms with E-state index in [0.717, 1.165) is 33.9 Å². The summed E-state index contributed by atoms with van der Waals surface area (Å²) < 4.78 is 2.06. The summed E-state index contributed by atoms with van der Waals surface area (Å²) in [6, 6.07) is 14.0. The Bertz CT molecular complexity index is 762. The van der Waals surface area contributed by atoms with Gasteiger partial charge in [-0.05, 0) is 23.3 Å². The van der Waals surface area contributed by atoms with Crippen LogP contribution in [0.3, 0.4) is 0 Å². The molecule has 1 aromatic heterocycles. The maximum absolute atomic E-state index is 6.26. The molecular weight excluding hydrogens is 270 g/mol. The van der Waals surface area contributed by atoms with E-state index in [2.05, 4.69) is 21.7 Å². The van der Waals surface area contributed by atoms with Crippen molar-refractivity contribution in [3.05, 3.63) is 64.4 Å². The lowest BCUT2D eigenvalue weighted by molar-refractivity contribution is 0.837. The molecule has 0 aliphatic rings. The topological polar surface area (TPSA) is 43.8 Å². The number of hydrogen-bond donors (Lipinski definition) is 1. The van der Waals surface area contributed by atoms with Crippen LogP contribution in [0.15, 0.2) is 42.5 Å². The van der Waals surface area contributed by atoms with Gasteiger partial charge in [0.05, 0.1) is 16.1 Å². The van der Waals surface area contributed by atoms with Crippen LogP contribution in [0.25, 0.3) is 11.0 Å². The largest absolute Gasteiger partial charge is 0.330 e. The zero-order chi connectivity index (χ0) is 14.1. The van der Waals surface area contributed by atoms with Crippen molar-refractivity contribution in [1.82, 2.24) is 9.55 Å². The van der Waals surface area contributed by atoms with E-state index >= 15 is 0 Å². The summed E-state index contributed by atoms with van der Waals surface area (Å²) in [7, 11) is 2.00. The fourth-order valence-electron chi connectivity index (χ4n) is 2.53. The van der Waals surface area contributed by atoms with Gasteiger partial charge in [-0.3, -0.25) is 0 Å². The third-order valence-corrected chi connectivity index (χ3v) is 3.93. The lowest BCUT2D eigenvalue weighted by atomic mass is 10.0. The van der Waals surface area contributed by atoms with Gasteiger partial charge in [0, 0.05) is 20.0 Å². The van der Waals surface area contributed by atoms with E-state index in [1.165, 1.54) is 5.56 Å². The van der Waals surface area contributed by atoms with Gasteiger partial charge in [-0.2, -0.15) is 0 Å². The monoisotopic (exact) mass is 285 g/mol. The lowest BCUT2D eigenvalue weighted by Gasteiger charge is -2.07. The van der Waals surface area contributed by atoms with Crippen LogP contribution < -0.4 is 5.73 Å². The first-order valence-corrected chi connectivity index (χ1v) is 6.95. The van der Waals surface area contributed by atoms with E-state index in [0.29, 0.717) is 6.54 Å². The van der Waals surface area contributed by atoms with Gasteiger partial charge in [0.1, 0.15) is 5.82 Å². The quantitative estimate of drug-likeness (QED) is 0.802. The SMILES string of the molecule is Cn1c(Cc2ccccc2CN)nc2cccc(Cl)c21. The molecule has 0 saturated heterocycles. The molecule has 0 aliphatic heterocycles. The van der Waals surface area contributed by atoms with Crippen molar-refractivity contribution >= 4 is 22.6 Å². The molecule has 0 atom stereocenters. The number of rotatable bonds is 3. The van der Waals surface area contributed by atoms with Gasteiger partial charge < -0.3 is 10.3 Å². The molecule has 0 spiro atoms. The lowest BCUT2D eigenvalue weighted by Crippen LogP contribution is -2.05. The molecule has 3 aromatic rings. The zero-order valence-electron chi connectivity index (χ0n) is 11.3. The van der Waals surface area contributed by atoms with Gasteiger partial charge in [-0.25, -0.2) is 4.98 Å². The maximum atomic E-state index is 6.26. The van der Waals surface area contributed by atoms with Gasteiger partial charge in [0.25, 0.3) is 0 Å². The molecule has 20 heavy (non-hydrogen) atoms.